The number of aryl methyl sites for hydroxylation is 3. The number of aromatic hydroxyl groups is 2. The molecule has 0 spiro atoms. The van der Waals surface area contributed by atoms with Gasteiger partial charge in [-0.2, -0.15) is 5.10 Å². The number of aliphatic hydroxyl groups excluding tert-OH is 1. The van der Waals surface area contributed by atoms with Crippen molar-refractivity contribution in [3.63, 3.8) is 0 Å². The first kappa shape index (κ1) is 21.5. The minimum Gasteiger partial charge on any atom is -0.508 e. The largest absolute Gasteiger partial charge is 0.508 e. The Morgan fingerprint density at radius 3 is 2.44 bits per heavy atom. The van der Waals surface area contributed by atoms with E-state index in [-0.39, 0.29) is 23.9 Å². The maximum Gasteiger partial charge on any atom is 0.348 e. The molecule has 0 atom stereocenters. The Hall–Kier alpha value is -4.30. The van der Waals surface area contributed by atoms with Gasteiger partial charge in [-0.15, -0.1) is 0 Å². The van der Waals surface area contributed by atoms with Crippen molar-refractivity contribution in [3.8, 4) is 28.6 Å². The maximum absolute atomic E-state index is 12.7. The molecule has 0 aliphatic carbocycles. The van der Waals surface area contributed by atoms with E-state index in [0.717, 1.165) is 22.0 Å². The molecule has 0 aliphatic rings. The van der Waals surface area contributed by atoms with E-state index in [1.165, 1.54) is 10.6 Å². The monoisotopic (exact) mass is 456 g/mol. The van der Waals surface area contributed by atoms with E-state index >= 15 is 0 Å². The predicted octanol–water partition coefficient (Wildman–Crippen LogP) is 3.41. The Bertz CT molecular complexity index is 1540. The zero-order valence-electron chi connectivity index (χ0n) is 18.6. The van der Waals surface area contributed by atoms with Crippen LogP contribution in [0.5, 0.6) is 11.5 Å². The maximum atomic E-state index is 12.7. The Balaban J connectivity index is 1.52. The topological polar surface area (TPSA) is 116 Å². The number of aliphatic hydroxyl groups is 1. The van der Waals surface area contributed by atoms with Crippen LogP contribution in [0.2, 0.25) is 0 Å². The lowest BCUT2D eigenvalue weighted by Crippen LogP contribution is -2.15. The van der Waals surface area contributed by atoms with E-state index in [2.05, 4.69) is 10.2 Å². The highest BCUT2D eigenvalue weighted by atomic mass is 16.3. The summed E-state index contributed by atoms with van der Waals surface area (Å²) in [4.78, 5) is 12.7. The van der Waals surface area contributed by atoms with Crippen LogP contribution in [0.25, 0.3) is 28.0 Å². The van der Waals surface area contributed by atoms with Crippen LogP contribution in [0, 0.1) is 0 Å². The van der Waals surface area contributed by atoms with E-state index in [4.69, 9.17) is 0 Å². The third kappa shape index (κ3) is 3.84. The molecule has 8 nitrogen and oxygen atoms in total. The van der Waals surface area contributed by atoms with Crippen LogP contribution < -0.4 is 5.69 Å². The molecule has 0 aliphatic heterocycles. The lowest BCUT2D eigenvalue weighted by atomic mass is 10.00. The standard InChI is InChI=1S/C26H24N4O4/c1-29-11-10-18-12-20(8-9-22(18)29)30-25(27-28-26(30)34)21-13-19(23(32)14-24(21)33)7-6-16-2-4-17(15-31)5-3-16/h2-5,8-14,31-33H,6-7,15H2,1H3,(H,28,34). The number of H-pyrrole nitrogens is 1. The van der Waals surface area contributed by atoms with E-state index < -0.39 is 5.69 Å². The molecule has 0 unspecified atom stereocenters. The molecule has 8 heteroatoms. The highest BCUT2D eigenvalue weighted by Crippen LogP contribution is 2.35. The summed E-state index contributed by atoms with van der Waals surface area (Å²) in [5, 5.41) is 37.9. The lowest BCUT2D eigenvalue weighted by molar-refractivity contribution is 0.282. The van der Waals surface area contributed by atoms with Crippen LogP contribution >= 0.6 is 0 Å². The Labute approximate surface area is 195 Å². The van der Waals surface area contributed by atoms with Gasteiger partial charge in [0.1, 0.15) is 11.5 Å². The number of benzene rings is 3. The van der Waals surface area contributed by atoms with Gasteiger partial charge < -0.3 is 19.9 Å². The van der Waals surface area contributed by atoms with Crippen molar-refractivity contribution in [2.45, 2.75) is 19.4 Å². The summed E-state index contributed by atoms with van der Waals surface area (Å²) in [6.45, 7) is -0.00896. The number of aromatic amines is 1. The number of phenolic OH excluding ortho intramolecular Hbond substituents is 2. The minimum absolute atomic E-state index is 0.00896. The van der Waals surface area contributed by atoms with E-state index in [1.807, 2.05) is 66.3 Å². The number of fused-ring (bicyclic) bond motifs is 1. The van der Waals surface area contributed by atoms with Crippen LogP contribution in [-0.2, 0) is 26.5 Å². The fourth-order valence-corrected chi connectivity index (χ4v) is 4.22. The summed E-state index contributed by atoms with van der Waals surface area (Å²) in [6, 6.07) is 18.2. The van der Waals surface area contributed by atoms with Gasteiger partial charge in [0.15, 0.2) is 5.82 Å². The number of aromatic nitrogens is 4. The number of nitrogens with zero attached hydrogens (tertiary/aromatic N) is 3. The van der Waals surface area contributed by atoms with Gasteiger partial charge in [-0.05, 0) is 59.9 Å². The van der Waals surface area contributed by atoms with Crippen molar-refractivity contribution in [1.29, 1.82) is 0 Å². The average molecular weight is 457 g/mol. The van der Waals surface area contributed by atoms with Crippen LogP contribution in [0.15, 0.2) is 71.7 Å². The summed E-state index contributed by atoms with van der Waals surface area (Å²) in [6.07, 6.45) is 3.12. The first-order valence-corrected chi connectivity index (χ1v) is 10.9. The number of rotatable bonds is 6. The minimum atomic E-state index is -0.428. The molecular weight excluding hydrogens is 432 g/mol. The molecule has 5 rings (SSSR count). The molecule has 0 radical (unpaired) electrons. The van der Waals surface area contributed by atoms with Crippen molar-refractivity contribution in [1.82, 2.24) is 19.3 Å². The first-order valence-electron chi connectivity index (χ1n) is 10.9. The zero-order chi connectivity index (χ0) is 23.8. The summed E-state index contributed by atoms with van der Waals surface area (Å²) in [5.74, 6) is 0.0595. The smallest absolute Gasteiger partial charge is 0.348 e. The highest BCUT2D eigenvalue weighted by Gasteiger charge is 2.19. The fraction of sp³-hybridized carbons (Fsp3) is 0.154. The second-order valence-electron chi connectivity index (χ2n) is 8.33. The van der Waals surface area contributed by atoms with Gasteiger partial charge in [-0.25, -0.2) is 14.5 Å². The SMILES string of the molecule is Cn1ccc2cc(-n3c(-c4cc(CCc5ccc(CO)cc5)c(O)cc4O)n[nH]c3=O)ccc21. The number of hydrogen-bond donors (Lipinski definition) is 4. The summed E-state index contributed by atoms with van der Waals surface area (Å²) >= 11 is 0. The van der Waals surface area contributed by atoms with Crippen molar-refractivity contribution in [2.24, 2.45) is 7.05 Å². The molecule has 2 aromatic heterocycles. The molecule has 0 fully saturated rings. The third-order valence-corrected chi connectivity index (χ3v) is 6.13. The Morgan fingerprint density at radius 1 is 0.912 bits per heavy atom. The van der Waals surface area contributed by atoms with Gasteiger partial charge >= 0.3 is 5.69 Å². The molecule has 0 amide bonds. The van der Waals surface area contributed by atoms with Crippen LogP contribution in [0.1, 0.15) is 16.7 Å². The fourth-order valence-electron chi connectivity index (χ4n) is 4.22. The van der Waals surface area contributed by atoms with Gasteiger partial charge in [0.2, 0.25) is 0 Å². The number of hydrogen-bond acceptors (Lipinski definition) is 5. The molecule has 2 heterocycles. The van der Waals surface area contributed by atoms with Crippen molar-refractivity contribution in [2.75, 3.05) is 0 Å². The van der Waals surface area contributed by atoms with Gasteiger partial charge in [0.05, 0.1) is 17.9 Å². The molecule has 3 aromatic carbocycles. The molecule has 5 aromatic rings. The number of phenols is 2. The van der Waals surface area contributed by atoms with Gasteiger partial charge in [0.25, 0.3) is 0 Å². The van der Waals surface area contributed by atoms with Gasteiger partial charge in [0, 0.05) is 30.2 Å². The number of nitrogens with one attached hydrogen (secondary N) is 1. The predicted molar refractivity (Wildman–Crippen MR) is 129 cm³/mol. The first-order chi connectivity index (χ1) is 16.4. The van der Waals surface area contributed by atoms with E-state index in [0.29, 0.717) is 29.7 Å². The quantitative estimate of drug-likeness (QED) is 0.313. The summed E-state index contributed by atoms with van der Waals surface area (Å²) in [7, 11) is 1.95. The summed E-state index contributed by atoms with van der Waals surface area (Å²) < 4.78 is 3.41. The Kier molecular flexibility index (Phi) is 5.43. The molecule has 172 valence electrons. The second-order valence-corrected chi connectivity index (χ2v) is 8.33. The lowest BCUT2D eigenvalue weighted by Gasteiger charge is -2.12. The van der Waals surface area contributed by atoms with Crippen molar-refractivity contribution in [3.05, 3.63) is 94.0 Å². The molecule has 0 saturated heterocycles. The van der Waals surface area contributed by atoms with Crippen molar-refractivity contribution < 1.29 is 15.3 Å². The van der Waals surface area contributed by atoms with Crippen LogP contribution in [-0.4, -0.2) is 34.7 Å². The van der Waals surface area contributed by atoms with Crippen LogP contribution in [0.4, 0.5) is 0 Å². The van der Waals surface area contributed by atoms with E-state index in [1.54, 1.807) is 6.07 Å². The third-order valence-electron chi connectivity index (χ3n) is 6.13. The molecule has 4 N–H and O–H groups in total. The molecular formula is C26H24N4O4. The van der Waals surface area contributed by atoms with Crippen LogP contribution in [0.3, 0.4) is 0 Å². The second kappa shape index (κ2) is 8.57. The molecule has 0 bridgehead atoms. The molecule has 0 saturated carbocycles. The Morgan fingerprint density at radius 2 is 1.68 bits per heavy atom. The highest BCUT2D eigenvalue weighted by molar-refractivity contribution is 5.82. The zero-order valence-corrected chi connectivity index (χ0v) is 18.6. The van der Waals surface area contributed by atoms with Gasteiger partial charge in [-0.1, -0.05) is 24.3 Å². The normalized spacial score (nSPS) is 11.4. The average Bonchev–Trinajstić information content (AvgIpc) is 3.41. The molecule has 34 heavy (non-hydrogen) atoms. The van der Waals surface area contributed by atoms with E-state index in [9.17, 15) is 20.1 Å². The van der Waals surface area contributed by atoms with Gasteiger partial charge in [-0.3, -0.25) is 0 Å². The summed E-state index contributed by atoms with van der Waals surface area (Å²) in [5.41, 5.74) is 4.08. The van der Waals surface area contributed by atoms with Crippen molar-refractivity contribution >= 4 is 10.9 Å².